The first-order valence-corrected chi connectivity index (χ1v) is 8.02. The van der Waals surface area contributed by atoms with E-state index in [1.165, 1.54) is 6.07 Å². The Morgan fingerprint density at radius 2 is 2.08 bits per heavy atom. The molecule has 0 aliphatic rings. The van der Waals surface area contributed by atoms with Crippen molar-refractivity contribution >= 4 is 33.1 Å². The highest BCUT2D eigenvalue weighted by Crippen LogP contribution is 2.25. The largest absolute Gasteiger partial charge is 0.435 e. The van der Waals surface area contributed by atoms with Gasteiger partial charge in [0, 0.05) is 11.3 Å². The second-order valence-corrected chi connectivity index (χ2v) is 6.36. The summed E-state index contributed by atoms with van der Waals surface area (Å²) in [7, 11) is 0. The van der Waals surface area contributed by atoms with Gasteiger partial charge in [-0.2, -0.15) is 8.78 Å². The molecule has 4 nitrogen and oxygen atoms in total. The van der Waals surface area contributed by atoms with Gasteiger partial charge in [-0.1, -0.05) is 18.2 Å². The van der Waals surface area contributed by atoms with Gasteiger partial charge in [0.05, 0.1) is 21.6 Å². The summed E-state index contributed by atoms with van der Waals surface area (Å²) in [6.07, 6.45) is -0.0529. The van der Waals surface area contributed by atoms with Crippen LogP contribution < -0.4 is 10.1 Å². The fourth-order valence-corrected chi connectivity index (χ4v) is 3.22. The van der Waals surface area contributed by atoms with Crippen molar-refractivity contribution in [1.82, 2.24) is 4.98 Å². The van der Waals surface area contributed by atoms with Crippen molar-refractivity contribution < 1.29 is 18.3 Å². The van der Waals surface area contributed by atoms with Crippen LogP contribution in [0.4, 0.5) is 14.5 Å². The molecule has 1 aromatic heterocycles. The summed E-state index contributed by atoms with van der Waals surface area (Å²) >= 11 is 1.54. The molecule has 0 saturated carbocycles. The molecular formula is C17H14F2N2O2S. The molecule has 3 rings (SSSR count). The zero-order chi connectivity index (χ0) is 17.1. The van der Waals surface area contributed by atoms with E-state index in [9.17, 15) is 13.6 Å². The summed E-state index contributed by atoms with van der Waals surface area (Å²) in [6.45, 7) is -1.01. The molecule has 2 aromatic carbocycles. The molecule has 24 heavy (non-hydrogen) atoms. The predicted octanol–water partition coefficient (Wildman–Crippen LogP) is 4.39. The molecule has 1 amide bonds. The van der Waals surface area contributed by atoms with Crippen LogP contribution in [0.3, 0.4) is 0 Å². The summed E-state index contributed by atoms with van der Waals surface area (Å²) in [5.74, 6) is -0.294. The summed E-state index contributed by atoms with van der Waals surface area (Å²) in [5, 5.41) is 3.72. The van der Waals surface area contributed by atoms with Crippen molar-refractivity contribution in [3.8, 4) is 5.75 Å². The van der Waals surface area contributed by atoms with Gasteiger partial charge in [0.1, 0.15) is 5.75 Å². The third-order valence-corrected chi connectivity index (χ3v) is 4.25. The lowest BCUT2D eigenvalue weighted by Gasteiger charge is -2.10. The van der Waals surface area contributed by atoms with Crippen molar-refractivity contribution in [1.29, 1.82) is 0 Å². The van der Waals surface area contributed by atoms with Crippen LogP contribution in [0.2, 0.25) is 0 Å². The van der Waals surface area contributed by atoms with Gasteiger partial charge in [-0.3, -0.25) is 4.79 Å². The number of hydrogen-bond donors (Lipinski definition) is 1. The monoisotopic (exact) mass is 348 g/mol. The van der Waals surface area contributed by atoms with Gasteiger partial charge in [-0.05, 0) is 31.2 Å². The Kier molecular flexibility index (Phi) is 4.71. The Hall–Kier alpha value is -2.54. The lowest BCUT2D eigenvalue weighted by Crippen LogP contribution is -2.15. The Morgan fingerprint density at radius 1 is 1.29 bits per heavy atom. The molecule has 0 atom stereocenters. The molecule has 3 aromatic rings. The number of benzene rings is 2. The molecule has 0 saturated heterocycles. The number of thiazole rings is 1. The minimum Gasteiger partial charge on any atom is -0.435 e. The topological polar surface area (TPSA) is 51.2 Å². The molecule has 124 valence electrons. The van der Waals surface area contributed by atoms with E-state index in [4.69, 9.17) is 0 Å². The second kappa shape index (κ2) is 6.92. The average Bonchev–Trinajstić information content (AvgIpc) is 2.88. The minimum atomic E-state index is -2.92. The Morgan fingerprint density at radius 3 is 2.88 bits per heavy atom. The molecule has 1 heterocycles. The third-order valence-electron chi connectivity index (χ3n) is 3.32. The molecule has 1 N–H and O–H groups in total. The number of nitrogens with zero attached hydrogens (tertiary/aromatic N) is 1. The highest BCUT2D eigenvalue weighted by atomic mass is 32.1. The molecular weight excluding hydrogens is 334 g/mol. The number of amides is 1. The van der Waals surface area contributed by atoms with Crippen molar-refractivity contribution in [2.75, 3.05) is 5.32 Å². The van der Waals surface area contributed by atoms with Crippen molar-refractivity contribution in [2.45, 2.75) is 20.0 Å². The minimum absolute atomic E-state index is 0.0104. The van der Waals surface area contributed by atoms with E-state index in [-0.39, 0.29) is 18.1 Å². The summed E-state index contributed by atoms with van der Waals surface area (Å²) in [5.41, 5.74) is 1.93. The summed E-state index contributed by atoms with van der Waals surface area (Å²) in [6, 6.07) is 11.7. The van der Waals surface area contributed by atoms with Gasteiger partial charge in [0.2, 0.25) is 5.91 Å². The number of para-hydroxylation sites is 1. The number of hydrogen-bond acceptors (Lipinski definition) is 4. The van der Waals surface area contributed by atoms with Crippen LogP contribution in [0.25, 0.3) is 10.2 Å². The number of nitrogens with one attached hydrogen (secondary N) is 1. The van der Waals surface area contributed by atoms with E-state index in [0.29, 0.717) is 11.3 Å². The van der Waals surface area contributed by atoms with E-state index >= 15 is 0 Å². The molecule has 0 aliphatic heterocycles. The number of alkyl halides is 2. The Labute approximate surface area is 141 Å². The number of anilines is 1. The summed E-state index contributed by atoms with van der Waals surface area (Å²) in [4.78, 5) is 16.6. The normalized spacial score (nSPS) is 11.0. The van der Waals surface area contributed by atoms with Crippen LogP contribution in [-0.4, -0.2) is 17.5 Å². The number of rotatable bonds is 5. The first-order valence-electron chi connectivity index (χ1n) is 7.21. The maximum atomic E-state index is 12.4. The maximum Gasteiger partial charge on any atom is 0.387 e. The van der Waals surface area contributed by atoms with Gasteiger partial charge >= 0.3 is 6.61 Å². The van der Waals surface area contributed by atoms with E-state index < -0.39 is 6.61 Å². The number of fused-ring (bicyclic) bond motifs is 1. The van der Waals surface area contributed by atoms with Crippen LogP contribution in [0.5, 0.6) is 5.75 Å². The standard InChI is InChI=1S/C17H14F2N2O2S/c1-10-20-13-7-6-12(9-15(13)24-10)21-16(22)8-11-4-2-3-5-14(11)23-17(18)19/h2-7,9,17H,8H2,1H3,(H,21,22). The number of carbonyl (C=O) groups is 1. The Bertz CT molecular complexity index is 880. The molecule has 7 heteroatoms. The van der Waals surface area contributed by atoms with E-state index in [1.807, 2.05) is 19.1 Å². The zero-order valence-corrected chi connectivity index (χ0v) is 13.6. The van der Waals surface area contributed by atoms with E-state index in [1.54, 1.807) is 35.6 Å². The lowest BCUT2D eigenvalue weighted by molar-refractivity contribution is -0.115. The number of carbonyl (C=O) groups excluding carboxylic acids is 1. The lowest BCUT2D eigenvalue weighted by atomic mass is 10.1. The molecule has 0 spiro atoms. The number of aromatic nitrogens is 1. The van der Waals surface area contributed by atoms with Gasteiger partial charge in [-0.25, -0.2) is 4.98 Å². The van der Waals surface area contributed by atoms with Crippen LogP contribution in [0, 0.1) is 6.92 Å². The first kappa shape index (κ1) is 16.3. The number of aryl methyl sites for hydroxylation is 1. The quantitative estimate of drug-likeness (QED) is 0.744. The molecule has 0 radical (unpaired) electrons. The second-order valence-electron chi connectivity index (χ2n) is 5.13. The smallest absolute Gasteiger partial charge is 0.387 e. The van der Waals surface area contributed by atoms with Crippen molar-refractivity contribution in [2.24, 2.45) is 0 Å². The number of ether oxygens (including phenoxy) is 1. The van der Waals surface area contributed by atoms with Gasteiger partial charge in [0.15, 0.2) is 0 Å². The predicted molar refractivity (Wildman–Crippen MR) is 89.8 cm³/mol. The van der Waals surface area contributed by atoms with Gasteiger partial charge in [-0.15, -0.1) is 11.3 Å². The van der Waals surface area contributed by atoms with Crippen molar-refractivity contribution in [3.63, 3.8) is 0 Å². The third kappa shape index (κ3) is 3.86. The Balaban J connectivity index is 1.73. The number of halogens is 2. The van der Waals surface area contributed by atoms with Crippen LogP contribution in [0.15, 0.2) is 42.5 Å². The highest BCUT2D eigenvalue weighted by Gasteiger charge is 2.13. The van der Waals surface area contributed by atoms with Crippen LogP contribution in [-0.2, 0) is 11.2 Å². The summed E-state index contributed by atoms with van der Waals surface area (Å²) < 4.78 is 30.2. The van der Waals surface area contributed by atoms with E-state index in [0.717, 1.165) is 15.2 Å². The van der Waals surface area contributed by atoms with Crippen LogP contribution >= 0.6 is 11.3 Å². The average molecular weight is 348 g/mol. The fraction of sp³-hybridized carbons (Fsp3) is 0.176. The first-order chi connectivity index (χ1) is 11.5. The van der Waals surface area contributed by atoms with Crippen molar-refractivity contribution in [3.05, 3.63) is 53.0 Å². The molecule has 0 unspecified atom stereocenters. The van der Waals surface area contributed by atoms with Gasteiger partial charge in [0.25, 0.3) is 0 Å². The zero-order valence-electron chi connectivity index (χ0n) is 12.8. The molecule has 0 fully saturated rings. The van der Waals surface area contributed by atoms with E-state index in [2.05, 4.69) is 15.0 Å². The van der Waals surface area contributed by atoms with Gasteiger partial charge < -0.3 is 10.1 Å². The highest BCUT2D eigenvalue weighted by molar-refractivity contribution is 7.18. The van der Waals surface area contributed by atoms with Crippen LogP contribution in [0.1, 0.15) is 10.6 Å². The molecule has 0 bridgehead atoms. The fourth-order valence-electron chi connectivity index (χ4n) is 2.36. The maximum absolute atomic E-state index is 12.4. The SMILES string of the molecule is Cc1nc2ccc(NC(=O)Cc3ccccc3OC(F)F)cc2s1. The molecule has 0 aliphatic carbocycles.